The molecule has 0 spiro atoms. The van der Waals surface area contributed by atoms with Crippen LogP contribution in [0.3, 0.4) is 0 Å². The van der Waals surface area contributed by atoms with Gasteiger partial charge in [0.25, 0.3) is 11.5 Å². The van der Waals surface area contributed by atoms with E-state index in [1.54, 1.807) is 43.5 Å². The maximum Gasteiger partial charge on any atom is 0.280 e. The van der Waals surface area contributed by atoms with Gasteiger partial charge in [-0.25, -0.2) is 4.98 Å². The molecule has 0 aliphatic rings. The van der Waals surface area contributed by atoms with Crippen LogP contribution in [0.25, 0.3) is 22.3 Å². The lowest BCUT2D eigenvalue weighted by molar-refractivity contribution is 0.101. The van der Waals surface area contributed by atoms with Crippen molar-refractivity contribution in [3.05, 3.63) is 92.2 Å². The standard InChI is InChI=1S/C24H20BrN3O3/c1-14-8-9-16(12-15(14)2)22-26-20-7-5-4-6-18(20)24(30)28(22)27-23(29)17-10-11-21(31-3)19(25)13-17/h4-13H,1-3H3,(H,27,29). The van der Waals surface area contributed by atoms with E-state index in [0.717, 1.165) is 16.7 Å². The molecule has 1 amide bonds. The molecule has 0 bridgehead atoms. The lowest BCUT2D eigenvalue weighted by Crippen LogP contribution is -2.35. The van der Waals surface area contributed by atoms with Gasteiger partial charge in [0, 0.05) is 11.1 Å². The number of methoxy groups -OCH3 is 1. The summed E-state index contributed by atoms with van der Waals surface area (Å²) < 4.78 is 7.07. The van der Waals surface area contributed by atoms with Gasteiger partial charge in [0.05, 0.1) is 22.5 Å². The van der Waals surface area contributed by atoms with Crippen molar-refractivity contribution in [2.24, 2.45) is 0 Å². The van der Waals surface area contributed by atoms with Gasteiger partial charge in [0.2, 0.25) is 0 Å². The van der Waals surface area contributed by atoms with E-state index in [1.165, 1.54) is 4.68 Å². The number of carbonyl (C=O) groups excluding carboxylic acids is 1. The smallest absolute Gasteiger partial charge is 0.280 e. The van der Waals surface area contributed by atoms with Gasteiger partial charge in [0.15, 0.2) is 5.82 Å². The second-order valence-electron chi connectivity index (χ2n) is 7.18. The zero-order valence-corrected chi connectivity index (χ0v) is 18.9. The van der Waals surface area contributed by atoms with Crippen molar-refractivity contribution in [2.75, 3.05) is 12.5 Å². The molecule has 0 saturated carbocycles. The Morgan fingerprint density at radius 2 is 1.81 bits per heavy atom. The van der Waals surface area contributed by atoms with Crippen LogP contribution in [0.5, 0.6) is 5.75 Å². The van der Waals surface area contributed by atoms with Crippen molar-refractivity contribution >= 4 is 32.7 Å². The maximum absolute atomic E-state index is 13.3. The Hall–Kier alpha value is -3.45. The summed E-state index contributed by atoms with van der Waals surface area (Å²) in [5.74, 6) is 0.539. The van der Waals surface area contributed by atoms with Crippen molar-refractivity contribution in [2.45, 2.75) is 13.8 Å². The number of carbonyl (C=O) groups is 1. The monoisotopic (exact) mass is 477 g/mol. The highest BCUT2D eigenvalue weighted by atomic mass is 79.9. The molecule has 156 valence electrons. The predicted octanol–water partition coefficient (Wildman–Crippen LogP) is 4.84. The molecule has 4 rings (SSSR count). The van der Waals surface area contributed by atoms with E-state index < -0.39 is 5.91 Å². The normalized spacial score (nSPS) is 10.8. The van der Waals surface area contributed by atoms with Crippen molar-refractivity contribution in [3.8, 4) is 17.1 Å². The molecule has 31 heavy (non-hydrogen) atoms. The molecule has 6 nitrogen and oxygen atoms in total. The predicted molar refractivity (Wildman–Crippen MR) is 125 cm³/mol. The fourth-order valence-electron chi connectivity index (χ4n) is 3.28. The number of amides is 1. The lowest BCUT2D eigenvalue weighted by Gasteiger charge is -2.16. The zero-order chi connectivity index (χ0) is 22.1. The van der Waals surface area contributed by atoms with Crippen molar-refractivity contribution in [1.82, 2.24) is 9.66 Å². The SMILES string of the molecule is COc1ccc(C(=O)Nn2c(-c3ccc(C)c(C)c3)nc3ccccc3c2=O)cc1Br. The van der Waals surface area contributed by atoms with Gasteiger partial charge >= 0.3 is 0 Å². The van der Waals surface area contributed by atoms with Crippen LogP contribution in [-0.4, -0.2) is 22.7 Å². The number of fused-ring (bicyclic) bond motifs is 1. The summed E-state index contributed by atoms with van der Waals surface area (Å²) in [7, 11) is 1.55. The van der Waals surface area contributed by atoms with Crippen LogP contribution in [0.15, 0.2) is 69.9 Å². The number of hydrogen-bond acceptors (Lipinski definition) is 4. The first-order valence-corrected chi connectivity index (χ1v) is 10.4. The van der Waals surface area contributed by atoms with Crippen LogP contribution in [0.4, 0.5) is 0 Å². The number of benzene rings is 3. The Kier molecular flexibility index (Phi) is 5.61. The van der Waals surface area contributed by atoms with Gasteiger partial charge in [-0.05, 0) is 77.3 Å². The highest BCUT2D eigenvalue weighted by Gasteiger charge is 2.17. The fourth-order valence-corrected chi connectivity index (χ4v) is 3.82. The topological polar surface area (TPSA) is 73.2 Å². The Balaban J connectivity index is 1.86. The molecular weight excluding hydrogens is 458 g/mol. The molecule has 0 saturated heterocycles. The molecule has 0 atom stereocenters. The minimum Gasteiger partial charge on any atom is -0.496 e. The fraction of sp³-hybridized carbons (Fsp3) is 0.125. The van der Waals surface area contributed by atoms with Crippen LogP contribution in [0, 0.1) is 13.8 Å². The number of aromatic nitrogens is 2. The third-order valence-corrected chi connectivity index (χ3v) is 5.79. The number of hydrogen-bond donors (Lipinski definition) is 1. The molecule has 0 radical (unpaired) electrons. The number of halogens is 1. The van der Waals surface area contributed by atoms with E-state index in [4.69, 9.17) is 4.74 Å². The van der Waals surface area contributed by atoms with Crippen molar-refractivity contribution in [3.63, 3.8) is 0 Å². The Morgan fingerprint density at radius 3 is 2.52 bits per heavy atom. The van der Waals surface area contributed by atoms with E-state index in [9.17, 15) is 9.59 Å². The van der Waals surface area contributed by atoms with Gasteiger partial charge in [-0.2, -0.15) is 4.68 Å². The summed E-state index contributed by atoms with van der Waals surface area (Å²) in [5, 5.41) is 0.422. The molecule has 0 fully saturated rings. The average molecular weight is 478 g/mol. The van der Waals surface area contributed by atoms with E-state index in [1.807, 2.05) is 38.1 Å². The number of rotatable bonds is 4. The lowest BCUT2D eigenvalue weighted by atomic mass is 10.1. The molecule has 4 aromatic rings. The second kappa shape index (κ2) is 8.35. The summed E-state index contributed by atoms with van der Waals surface area (Å²) in [6.07, 6.45) is 0. The average Bonchev–Trinajstić information content (AvgIpc) is 2.77. The summed E-state index contributed by atoms with van der Waals surface area (Å²) in [6, 6.07) is 17.9. The number of para-hydroxylation sites is 1. The third-order valence-electron chi connectivity index (χ3n) is 5.17. The van der Waals surface area contributed by atoms with E-state index in [-0.39, 0.29) is 5.56 Å². The molecule has 0 aliphatic carbocycles. The van der Waals surface area contributed by atoms with Crippen LogP contribution in [0.1, 0.15) is 21.5 Å². The maximum atomic E-state index is 13.3. The minimum absolute atomic E-state index is 0.347. The Bertz CT molecular complexity index is 1380. The van der Waals surface area contributed by atoms with Gasteiger partial charge in [-0.15, -0.1) is 0 Å². The first-order chi connectivity index (χ1) is 14.9. The summed E-state index contributed by atoms with van der Waals surface area (Å²) in [6.45, 7) is 4.01. The molecular formula is C24H20BrN3O3. The van der Waals surface area contributed by atoms with Crippen LogP contribution in [0.2, 0.25) is 0 Å². The molecule has 0 aliphatic heterocycles. The molecule has 0 unspecified atom stereocenters. The molecule has 1 N–H and O–H groups in total. The minimum atomic E-state index is -0.437. The van der Waals surface area contributed by atoms with E-state index in [0.29, 0.717) is 32.5 Å². The van der Waals surface area contributed by atoms with Crippen LogP contribution < -0.4 is 15.7 Å². The summed E-state index contributed by atoms with van der Waals surface area (Å²) >= 11 is 3.39. The number of ether oxygens (including phenoxy) is 1. The first kappa shape index (κ1) is 20.8. The molecule has 7 heteroatoms. The number of nitrogens with one attached hydrogen (secondary N) is 1. The highest BCUT2D eigenvalue weighted by molar-refractivity contribution is 9.10. The third kappa shape index (κ3) is 3.96. The zero-order valence-electron chi connectivity index (χ0n) is 17.3. The first-order valence-electron chi connectivity index (χ1n) is 9.63. The summed E-state index contributed by atoms with van der Waals surface area (Å²) in [4.78, 5) is 31.0. The Morgan fingerprint density at radius 1 is 1.03 bits per heavy atom. The van der Waals surface area contributed by atoms with Gasteiger partial charge in [-0.1, -0.05) is 24.3 Å². The quantitative estimate of drug-likeness (QED) is 0.456. The molecule has 1 heterocycles. The van der Waals surface area contributed by atoms with E-state index in [2.05, 4.69) is 26.3 Å². The van der Waals surface area contributed by atoms with Crippen molar-refractivity contribution in [1.29, 1.82) is 0 Å². The van der Waals surface area contributed by atoms with Crippen LogP contribution in [-0.2, 0) is 0 Å². The van der Waals surface area contributed by atoms with Crippen molar-refractivity contribution < 1.29 is 9.53 Å². The largest absolute Gasteiger partial charge is 0.496 e. The van der Waals surface area contributed by atoms with Gasteiger partial charge in [-0.3, -0.25) is 15.0 Å². The second-order valence-corrected chi connectivity index (χ2v) is 8.04. The highest BCUT2D eigenvalue weighted by Crippen LogP contribution is 2.26. The van der Waals surface area contributed by atoms with Gasteiger partial charge < -0.3 is 4.74 Å². The molecule has 1 aromatic heterocycles. The Labute approximate surface area is 187 Å². The summed E-state index contributed by atoms with van der Waals surface area (Å²) in [5.41, 5.74) is 6.25. The molecule has 3 aromatic carbocycles. The number of nitrogens with zero attached hydrogens (tertiary/aromatic N) is 2. The van der Waals surface area contributed by atoms with Crippen LogP contribution >= 0.6 is 15.9 Å². The van der Waals surface area contributed by atoms with Gasteiger partial charge in [0.1, 0.15) is 5.75 Å². The number of aryl methyl sites for hydroxylation is 2. The van der Waals surface area contributed by atoms with E-state index >= 15 is 0 Å².